The fourth-order valence-electron chi connectivity index (χ4n) is 3.81. The van der Waals surface area contributed by atoms with Gasteiger partial charge in [0.15, 0.2) is 16.6 Å². The van der Waals surface area contributed by atoms with Crippen LogP contribution in [0.5, 0.6) is 11.5 Å². The Morgan fingerprint density at radius 2 is 2.00 bits per heavy atom. The molecule has 2 heterocycles. The van der Waals surface area contributed by atoms with Gasteiger partial charge in [-0.25, -0.2) is 9.97 Å². The van der Waals surface area contributed by atoms with E-state index in [0.717, 1.165) is 40.3 Å². The molecular formula is C25H28N4O3S. The molecule has 0 bridgehead atoms. The van der Waals surface area contributed by atoms with E-state index in [1.165, 1.54) is 5.56 Å². The summed E-state index contributed by atoms with van der Waals surface area (Å²) < 4.78 is 13.8. The summed E-state index contributed by atoms with van der Waals surface area (Å²) in [5.41, 5.74) is 3.05. The Balaban J connectivity index is 1.60. The molecule has 0 unspecified atom stereocenters. The van der Waals surface area contributed by atoms with E-state index in [0.29, 0.717) is 18.0 Å². The zero-order valence-corrected chi connectivity index (χ0v) is 20.0. The minimum Gasteiger partial charge on any atom is -0.493 e. The van der Waals surface area contributed by atoms with Crippen molar-refractivity contribution in [3.05, 3.63) is 66.2 Å². The number of amides is 1. The molecule has 0 saturated carbocycles. The number of imidazole rings is 1. The molecule has 2 aromatic carbocycles. The molecule has 0 aliphatic heterocycles. The number of aromatic nitrogens is 3. The molecule has 0 N–H and O–H groups in total. The largest absolute Gasteiger partial charge is 0.493 e. The molecule has 1 amide bonds. The van der Waals surface area contributed by atoms with Gasteiger partial charge in [-0.15, -0.1) is 0 Å². The highest BCUT2D eigenvalue weighted by Gasteiger charge is 2.21. The number of para-hydroxylation sites is 1. The summed E-state index contributed by atoms with van der Waals surface area (Å²) in [6, 6.07) is 11.8. The average molecular weight is 465 g/mol. The van der Waals surface area contributed by atoms with Gasteiger partial charge in [-0.3, -0.25) is 9.69 Å². The lowest BCUT2D eigenvalue weighted by Gasteiger charge is -2.20. The monoisotopic (exact) mass is 464 g/mol. The van der Waals surface area contributed by atoms with Gasteiger partial charge in [0, 0.05) is 25.5 Å². The molecule has 4 rings (SSSR count). The van der Waals surface area contributed by atoms with Crippen molar-refractivity contribution >= 4 is 32.6 Å². The van der Waals surface area contributed by atoms with Gasteiger partial charge in [-0.2, -0.15) is 0 Å². The molecule has 0 radical (unpaired) electrons. The van der Waals surface area contributed by atoms with Crippen molar-refractivity contribution in [2.75, 3.05) is 25.7 Å². The van der Waals surface area contributed by atoms with Crippen molar-refractivity contribution in [2.45, 2.75) is 32.7 Å². The number of hydrogen-bond acceptors (Lipinski definition) is 6. The highest BCUT2D eigenvalue weighted by atomic mass is 32.1. The second kappa shape index (κ2) is 10.5. The van der Waals surface area contributed by atoms with Crippen LogP contribution in [0.2, 0.25) is 0 Å². The predicted molar refractivity (Wildman–Crippen MR) is 131 cm³/mol. The Hall–Kier alpha value is -3.39. The van der Waals surface area contributed by atoms with Gasteiger partial charge < -0.3 is 14.0 Å². The number of nitrogens with zero attached hydrogens (tertiary/aromatic N) is 4. The second-order valence-electron chi connectivity index (χ2n) is 7.68. The standard InChI is InChI=1S/C25H28N4O3S/c1-4-19-7-5-8-22-24(19)27-25(33-22)29(13-6-12-28-14-11-26-17-28)23(30)16-18-9-10-20(31-2)21(15-18)32-3/h5,7-11,14-15,17H,4,6,12-13,16H2,1-3H3. The smallest absolute Gasteiger partial charge is 0.233 e. The first-order chi connectivity index (χ1) is 16.1. The van der Waals surface area contributed by atoms with E-state index in [4.69, 9.17) is 14.5 Å². The van der Waals surface area contributed by atoms with Crippen molar-refractivity contribution in [1.82, 2.24) is 14.5 Å². The minimum atomic E-state index is 0.00459. The third-order valence-corrected chi connectivity index (χ3v) is 6.61. The van der Waals surface area contributed by atoms with Gasteiger partial charge >= 0.3 is 0 Å². The summed E-state index contributed by atoms with van der Waals surface area (Å²) in [6.45, 7) is 3.48. The lowest BCUT2D eigenvalue weighted by atomic mass is 10.1. The van der Waals surface area contributed by atoms with E-state index in [-0.39, 0.29) is 12.3 Å². The van der Waals surface area contributed by atoms with Crippen LogP contribution in [0.1, 0.15) is 24.5 Å². The maximum Gasteiger partial charge on any atom is 0.233 e. The number of hydrogen-bond donors (Lipinski definition) is 0. The molecule has 0 fully saturated rings. The molecule has 33 heavy (non-hydrogen) atoms. The second-order valence-corrected chi connectivity index (χ2v) is 8.69. The van der Waals surface area contributed by atoms with Gasteiger partial charge in [0.05, 0.1) is 37.2 Å². The van der Waals surface area contributed by atoms with Crippen molar-refractivity contribution < 1.29 is 14.3 Å². The van der Waals surface area contributed by atoms with Crippen LogP contribution in [0.25, 0.3) is 10.2 Å². The van der Waals surface area contributed by atoms with Crippen molar-refractivity contribution in [1.29, 1.82) is 0 Å². The first kappa shape index (κ1) is 22.8. The fraction of sp³-hybridized carbons (Fsp3) is 0.320. The van der Waals surface area contributed by atoms with Gasteiger partial charge in [0.2, 0.25) is 5.91 Å². The number of anilines is 1. The first-order valence-electron chi connectivity index (χ1n) is 11.0. The number of fused-ring (bicyclic) bond motifs is 1. The summed E-state index contributed by atoms with van der Waals surface area (Å²) in [7, 11) is 3.20. The van der Waals surface area contributed by atoms with Crippen molar-refractivity contribution in [2.24, 2.45) is 0 Å². The Kier molecular flexibility index (Phi) is 7.24. The molecule has 0 saturated heterocycles. The quantitative estimate of drug-likeness (QED) is 0.339. The van der Waals surface area contributed by atoms with Crippen LogP contribution in [-0.4, -0.2) is 41.2 Å². The van der Waals surface area contributed by atoms with Crippen LogP contribution in [-0.2, 0) is 24.2 Å². The zero-order valence-electron chi connectivity index (χ0n) is 19.2. The third-order valence-electron chi connectivity index (χ3n) is 5.56. The van der Waals surface area contributed by atoms with Gasteiger partial charge in [-0.05, 0) is 42.2 Å². The molecule has 7 nitrogen and oxygen atoms in total. The van der Waals surface area contributed by atoms with Gasteiger partial charge in [-0.1, -0.05) is 36.5 Å². The van der Waals surface area contributed by atoms with Crippen LogP contribution in [0.4, 0.5) is 5.13 Å². The molecule has 172 valence electrons. The summed E-state index contributed by atoms with van der Waals surface area (Å²) in [5, 5.41) is 0.738. The molecule has 0 atom stereocenters. The molecule has 0 spiro atoms. The normalized spacial score (nSPS) is 11.0. The molecule has 0 aliphatic rings. The number of thiazole rings is 1. The van der Waals surface area contributed by atoms with Crippen LogP contribution >= 0.6 is 11.3 Å². The number of methoxy groups -OCH3 is 2. The van der Waals surface area contributed by atoms with E-state index in [1.807, 2.05) is 33.9 Å². The molecule has 8 heteroatoms. The Bertz CT molecular complexity index is 1220. The summed E-state index contributed by atoms with van der Waals surface area (Å²) in [5.74, 6) is 1.26. The molecule has 4 aromatic rings. The SMILES string of the molecule is CCc1cccc2sc(N(CCCn3ccnc3)C(=O)Cc3ccc(OC)c(OC)c3)nc12. The maximum absolute atomic E-state index is 13.5. The zero-order chi connectivity index (χ0) is 23.2. The highest BCUT2D eigenvalue weighted by Crippen LogP contribution is 2.32. The van der Waals surface area contributed by atoms with Crippen LogP contribution in [0.15, 0.2) is 55.1 Å². The molecule has 2 aromatic heterocycles. The van der Waals surface area contributed by atoms with Crippen LogP contribution in [0.3, 0.4) is 0 Å². The van der Waals surface area contributed by atoms with E-state index in [9.17, 15) is 4.79 Å². The Labute approximate surface area is 197 Å². The predicted octanol–water partition coefficient (Wildman–Crippen LogP) is 4.74. The third kappa shape index (κ3) is 5.17. The minimum absolute atomic E-state index is 0.00459. The molecule has 0 aliphatic carbocycles. The first-order valence-corrected chi connectivity index (χ1v) is 11.8. The average Bonchev–Trinajstić information content (AvgIpc) is 3.51. The van der Waals surface area contributed by atoms with E-state index >= 15 is 0 Å². The van der Waals surface area contributed by atoms with Gasteiger partial charge in [0.25, 0.3) is 0 Å². The lowest BCUT2D eigenvalue weighted by molar-refractivity contribution is -0.118. The van der Waals surface area contributed by atoms with Crippen molar-refractivity contribution in [3.8, 4) is 11.5 Å². The van der Waals surface area contributed by atoms with Gasteiger partial charge in [0.1, 0.15) is 0 Å². The summed E-state index contributed by atoms with van der Waals surface area (Å²) >= 11 is 1.57. The van der Waals surface area contributed by atoms with E-state index < -0.39 is 0 Å². The van der Waals surface area contributed by atoms with Crippen molar-refractivity contribution in [3.63, 3.8) is 0 Å². The Morgan fingerprint density at radius 3 is 2.73 bits per heavy atom. The van der Waals surface area contributed by atoms with E-state index in [1.54, 1.807) is 38.1 Å². The highest BCUT2D eigenvalue weighted by molar-refractivity contribution is 7.22. The summed E-state index contributed by atoms with van der Waals surface area (Å²) in [6.07, 6.45) is 7.44. The Morgan fingerprint density at radius 1 is 1.15 bits per heavy atom. The number of ether oxygens (including phenoxy) is 2. The van der Waals surface area contributed by atoms with E-state index in [2.05, 4.69) is 30.1 Å². The number of aryl methyl sites for hydroxylation is 2. The fourth-order valence-corrected chi connectivity index (χ4v) is 4.87. The van der Waals surface area contributed by atoms with Crippen LogP contribution < -0.4 is 14.4 Å². The molecular weight excluding hydrogens is 436 g/mol. The number of rotatable bonds is 10. The topological polar surface area (TPSA) is 69.5 Å². The summed E-state index contributed by atoms with van der Waals surface area (Å²) in [4.78, 5) is 24.3. The van der Waals surface area contributed by atoms with Crippen LogP contribution in [0, 0.1) is 0 Å². The number of carbonyl (C=O) groups excluding carboxylic acids is 1. The lowest BCUT2D eigenvalue weighted by Crippen LogP contribution is -2.33. The number of carbonyl (C=O) groups is 1. The number of benzene rings is 2. The maximum atomic E-state index is 13.5.